The van der Waals surface area contributed by atoms with Crippen LogP contribution in [0.4, 0.5) is 5.69 Å². The summed E-state index contributed by atoms with van der Waals surface area (Å²) in [5, 5.41) is 7.14. The Morgan fingerprint density at radius 3 is 3.00 bits per heavy atom. The van der Waals surface area contributed by atoms with E-state index in [4.69, 9.17) is 0 Å². The van der Waals surface area contributed by atoms with Crippen LogP contribution in [0.1, 0.15) is 17.5 Å². The van der Waals surface area contributed by atoms with Crippen molar-refractivity contribution in [3.8, 4) is 0 Å². The zero-order chi connectivity index (χ0) is 13.0. The van der Waals surface area contributed by atoms with Crippen LogP contribution in [0.25, 0.3) is 0 Å². The highest BCUT2D eigenvalue weighted by Crippen LogP contribution is 2.16. The summed E-state index contributed by atoms with van der Waals surface area (Å²) in [6.45, 7) is 8.78. The molecule has 2 rings (SSSR count). The summed E-state index contributed by atoms with van der Waals surface area (Å²) in [5.74, 6) is 0. The van der Waals surface area contributed by atoms with Gasteiger partial charge in [0.15, 0.2) is 0 Å². The number of likely N-dealkylation sites (N-methyl/N-ethyl adjacent to an activating group) is 1. The fourth-order valence-electron chi connectivity index (χ4n) is 2.49. The third-order valence-electron chi connectivity index (χ3n) is 3.66. The Bertz CT molecular complexity index is 389. The molecule has 3 nitrogen and oxygen atoms in total. The van der Waals surface area contributed by atoms with Crippen LogP contribution in [0.5, 0.6) is 0 Å². The zero-order valence-electron chi connectivity index (χ0n) is 11.8. The number of piperazine rings is 1. The normalized spacial score (nSPS) is 20.9. The summed E-state index contributed by atoms with van der Waals surface area (Å²) < 4.78 is 0. The molecule has 18 heavy (non-hydrogen) atoms. The molecule has 1 aromatic carbocycles. The van der Waals surface area contributed by atoms with Crippen molar-refractivity contribution in [3.63, 3.8) is 0 Å². The first-order valence-electron chi connectivity index (χ1n) is 6.88. The van der Waals surface area contributed by atoms with E-state index in [1.54, 1.807) is 0 Å². The van der Waals surface area contributed by atoms with Crippen LogP contribution in [0.2, 0.25) is 0 Å². The summed E-state index contributed by atoms with van der Waals surface area (Å²) in [6, 6.07) is 7.21. The first-order valence-corrected chi connectivity index (χ1v) is 6.88. The van der Waals surface area contributed by atoms with Gasteiger partial charge in [0.2, 0.25) is 0 Å². The van der Waals surface area contributed by atoms with Gasteiger partial charge in [0.25, 0.3) is 0 Å². The van der Waals surface area contributed by atoms with Crippen LogP contribution >= 0.6 is 0 Å². The zero-order valence-corrected chi connectivity index (χ0v) is 11.8. The summed E-state index contributed by atoms with van der Waals surface area (Å²) in [7, 11) is 2.20. The molecular weight excluding hydrogens is 222 g/mol. The fourth-order valence-corrected chi connectivity index (χ4v) is 2.49. The summed E-state index contributed by atoms with van der Waals surface area (Å²) in [5.41, 5.74) is 3.92. The minimum absolute atomic E-state index is 0.626. The smallest absolute Gasteiger partial charge is 0.0372 e. The second kappa shape index (κ2) is 6.21. The first-order chi connectivity index (χ1) is 8.65. The summed E-state index contributed by atoms with van der Waals surface area (Å²) >= 11 is 0. The third-order valence-corrected chi connectivity index (χ3v) is 3.66. The predicted octanol–water partition coefficient (Wildman–Crippen LogP) is 2.01. The molecule has 100 valence electrons. The van der Waals surface area contributed by atoms with E-state index in [-0.39, 0.29) is 0 Å². The number of anilines is 1. The molecule has 1 aliphatic heterocycles. The van der Waals surface area contributed by atoms with E-state index in [2.05, 4.69) is 54.6 Å². The number of rotatable bonds is 4. The van der Waals surface area contributed by atoms with E-state index in [0.29, 0.717) is 6.04 Å². The molecule has 1 aromatic rings. The third kappa shape index (κ3) is 3.72. The maximum atomic E-state index is 3.58. The Labute approximate surface area is 111 Å². The highest BCUT2D eigenvalue weighted by atomic mass is 15.2. The van der Waals surface area contributed by atoms with Crippen molar-refractivity contribution in [1.29, 1.82) is 0 Å². The van der Waals surface area contributed by atoms with Crippen molar-refractivity contribution in [2.24, 2.45) is 0 Å². The Balaban J connectivity index is 1.79. The highest BCUT2D eigenvalue weighted by Gasteiger charge is 2.15. The van der Waals surface area contributed by atoms with E-state index in [1.165, 1.54) is 29.8 Å². The average molecular weight is 247 g/mol. The molecule has 0 spiro atoms. The van der Waals surface area contributed by atoms with Crippen LogP contribution in [-0.4, -0.2) is 44.2 Å². The first kappa shape index (κ1) is 13.4. The molecule has 3 heteroatoms. The number of aryl methyl sites for hydroxylation is 2. The minimum Gasteiger partial charge on any atom is -0.385 e. The van der Waals surface area contributed by atoms with Crippen LogP contribution in [0, 0.1) is 13.8 Å². The quantitative estimate of drug-likeness (QED) is 0.852. The Morgan fingerprint density at radius 1 is 1.39 bits per heavy atom. The summed E-state index contributed by atoms with van der Waals surface area (Å²) in [4.78, 5) is 2.40. The molecular formula is C15H25N3. The van der Waals surface area contributed by atoms with E-state index in [1.807, 2.05) is 0 Å². The molecule has 0 saturated carbocycles. The second-order valence-corrected chi connectivity index (χ2v) is 5.45. The lowest BCUT2D eigenvalue weighted by Crippen LogP contribution is -2.49. The molecule has 0 bridgehead atoms. The number of hydrogen-bond acceptors (Lipinski definition) is 3. The van der Waals surface area contributed by atoms with Crippen LogP contribution in [-0.2, 0) is 0 Å². The van der Waals surface area contributed by atoms with Gasteiger partial charge in [-0.2, -0.15) is 0 Å². The molecule has 0 radical (unpaired) electrons. The Morgan fingerprint density at radius 2 is 2.22 bits per heavy atom. The molecule has 1 unspecified atom stereocenters. The van der Waals surface area contributed by atoms with Crippen LogP contribution < -0.4 is 10.6 Å². The van der Waals surface area contributed by atoms with Gasteiger partial charge in [-0.3, -0.25) is 0 Å². The lowest BCUT2D eigenvalue weighted by molar-refractivity contribution is 0.234. The monoisotopic (exact) mass is 247 g/mol. The molecule has 1 fully saturated rings. The van der Waals surface area contributed by atoms with Gasteiger partial charge in [0.05, 0.1) is 0 Å². The van der Waals surface area contributed by atoms with Gasteiger partial charge in [0, 0.05) is 37.9 Å². The van der Waals surface area contributed by atoms with Gasteiger partial charge in [-0.05, 0) is 44.5 Å². The molecule has 0 amide bonds. The van der Waals surface area contributed by atoms with Gasteiger partial charge in [-0.25, -0.2) is 0 Å². The van der Waals surface area contributed by atoms with Crippen molar-refractivity contribution in [2.75, 3.05) is 38.5 Å². The highest BCUT2D eigenvalue weighted by molar-refractivity contribution is 5.52. The molecule has 0 aromatic heterocycles. The van der Waals surface area contributed by atoms with E-state index < -0.39 is 0 Å². The maximum Gasteiger partial charge on any atom is 0.0372 e. The topological polar surface area (TPSA) is 27.3 Å². The standard InChI is InChI=1S/C15H25N3/c1-12-4-5-13(2)15(10-12)17-7-6-14-11-18(3)9-8-16-14/h4-5,10,14,16-17H,6-9,11H2,1-3H3. The van der Waals surface area contributed by atoms with Crippen molar-refractivity contribution in [1.82, 2.24) is 10.2 Å². The Hall–Kier alpha value is -1.06. The maximum absolute atomic E-state index is 3.58. The number of benzene rings is 1. The number of nitrogens with one attached hydrogen (secondary N) is 2. The van der Waals surface area contributed by atoms with Crippen molar-refractivity contribution in [2.45, 2.75) is 26.3 Å². The van der Waals surface area contributed by atoms with Gasteiger partial charge < -0.3 is 15.5 Å². The number of hydrogen-bond donors (Lipinski definition) is 2. The largest absolute Gasteiger partial charge is 0.385 e. The molecule has 1 atom stereocenters. The lowest BCUT2D eigenvalue weighted by Gasteiger charge is -2.31. The predicted molar refractivity (Wildman–Crippen MR) is 78.3 cm³/mol. The number of nitrogens with zero attached hydrogens (tertiary/aromatic N) is 1. The molecule has 1 aliphatic rings. The van der Waals surface area contributed by atoms with Crippen molar-refractivity contribution in [3.05, 3.63) is 29.3 Å². The van der Waals surface area contributed by atoms with Gasteiger partial charge in [-0.1, -0.05) is 12.1 Å². The average Bonchev–Trinajstić information content (AvgIpc) is 2.34. The Kier molecular flexibility index (Phi) is 4.61. The lowest BCUT2D eigenvalue weighted by atomic mass is 10.1. The molecule has 1 saturated heterocycles. The van der Waals surface area contributed by atoms with Crippen LogP contribution in [0.3, 0.4) is 0 Å². The molecule has 2 N–H and O–H groups in total. The minimum atomic E-state index is 0.626. The van der Waals surface area contributed by atoms with Gasteiger partial charge in [0.1, 0.15) is 0 Å². The SMILES string of the molecule is Cc1ccc(C)c(NCCC2CN(C)CCN2)c1. The van der Waals surface area contributed by atoms with Crippen molar-refractivity contribution >= 4 is 5.69 Å². The van der Waals surface area contributed by atoms with E-state index in [9.17, 15) is 0 Å². The second-order valence-electron chi connectivity index (χ2n) is 5.45. The van der Waals surface area contributed by atoms with E-state index >= 15 is 0 Å². The van der Waals surface area contributed by atoms with E-state index in [0.717, 1.165) is 19.6 Å². The van der Waals surface area contributed by atoms with Crippen LogP contribution in [0.15, 0.2) is 18.2 Å². The van der Waals surface area contributed by atoms with Crippen molar-refractivity contribution < 1.29 is 0 Å². The van der Waals surface area contributed by atoms with Gasteiger partial charge >= 0.3 is 0 Å². The molecule has 1 heterocycles. The molecule has 0 aliphatic carbocycles. The summed E-state index contributed by atoms with van der Waals surface area (Å²) in [6.07, 6.45) is 1.18. The van der Waals surface area contributed by atoms with Gasteiger partial charge in [-0.15, -0.1) is 0 Å². The fraction of sp³-hybridized carbons (Fsp3) is 0.600.